The van der Waals surface area contributed by atoms with Gasteiger partial charge in [0.25, 0.3) is 0 Å². The molecule has 1 unspecified atom stereocenters. The highest BCUT2D eigenvalue weighted by atomic mass is 14.9. The number of rotatable bonds is 4. The van der Waals surface area contributed by atoms with Crippen LogP contribution in [0.3, 0.4) is 0 Å². The lowest BCUT2D eigenvalue weighted by molar-refractivity contribution is 0.474. The van der Waals surface area contributed by atoms with Crippen molar-refractivity contribution in [3.8, 4) is 0 Å². The minimum Gasteiger partial charge on any atom is -0.310 e. The topological polar surface area (TPSA) is 12.0 Å². The number of aryl methyl sites for hydroxylation is 1. The Balaban J connectivity index is 1.82. The van der Waals surface area contributed by atoms with Gasteiger partial charge in [-0.1, -0.05) is 43.3 Å². The highest BCUT2D eigenvalue weighted by molar-refractivity contribution is 5.22. The molecule has 0 spiro atoms. The average molecular weight is 215 g/mol. The Bertz CT molecular complexity index is 337. The fourth-order valence-corrected chi connectivity index (χ4v) is 2.13. The fourth-order valence-electron chi connectivity index (χ4n) is 2.13. The molecule has 1 aliphatic carbocycles. The number of allylic oxidation sites excluding steroid dienone is 1. The Hall–Kier alpha value is -1.08. The van der Waals surface area contributed by atoms with Crippen molar-refractivity contribution in [2.75, 3.05) is 0 Å². The van der Waals surface area contributed by atoms with Gasteiger partial charge in [-0.3, -0.25) is 0 Å². The van der Waals surface area contributed by atoms with Crippen LogP contribution >= 0.6 is 0 Å². The average Bonchev–Trinajstić information content (AvgIpc) is 2.38. The Morgan fingerprint density at radius 1 is 1.12 bits per heavy atom. The van der Waals surface area contributed by atoms with E-state index in [0.29, 0.717) is 6.04 Å². The van der Waals surface area contributed by atoms with Gasteiger partial charge in [-0.25, -0.2) is 0 Å². The van der Waals surface area contributed by atoms with Crippen molar-refractivity contribution in [1.29, 1.82) is 0 Å². The molecule has 0 radical (unpaired) electrons. The van der Waals surface area contributed by atoms with Gasteiger partial charge in [-0.2, -0.15) is 0 Å². The molecular weight excluding hydrogens is 194 g/mol. The highest BCUT2D eigenvalue weighted by Gasteiger charge is 2.08. The minimum atomic E-state index is 0.677. The van der Waals surface area contributed by atoms with Crippen LogP contribution < -0.4 is 5.32 Å². The van der Waals surface area contributed by atoms with Crippen LogP contribution in [0.2, 0.25) is 0 Å². The zero-order chi connectivity index (χ0) is 11.2. The first-order valence-corrected chi connectivity index (χ1v) is 6.34. The Morgan fingerprint density at radius 3 is 2.50 bits per heavy atom. The molecule has 0 aliphatic heterocycles. The normalized spacial score (nSPS) is 19.9. The van der Waals surface area contributed by atoms with E-state index in [-0.39, 0.29) is 0 Å². The Morgan fingerprint density at radius 2 is 1.88 bits per heavy atom. The van der Waals surface area contributed by atoms with Crippen LogP contribution in [0.15, 0.2) is 36.4 Å². The van der Waals surface area contributed by atoms with E-state index in [1.54, 1.807) is 0 Å². The molecule has 0 aromatic heterocycles. The summed E-state index contributed by atoms with van der Waals surface area (Å²) in [5.41, 5.74) is 2.82. The standard InChI is InChI=1S/C15H21N/c1-2-13-8-10-14(11-9-13)12-16-15-6-4-3-5-7-15/h3-4,8-11,15-16H,2,5-7,12H2,1H3. The van der Waals surface area contributed by atoms with Gasteiger partial charge in [0.2, 0.25) is 0 Å². The third-order valence-corrected chi connectivity index (χ3v) is 3.30. The monoisotopic (exact) mass is 215 g/mol. The molecule has 1 aromatic carbocycles. The smallest absolute Gasteiger partial charge is 0.0208 e. The molecule has 1 atom stereocenters. The van der Waals surface area contributed by atoms with E-state index in [1.165, 1.54) is 30.4 Å². The molecule has 1 N–H and O–H groups in total. The van der Waals surface area contributed by atoms with Crippen molar-refractivity contribution in [3.63, 3.8) is 0 Å². The Kier molecular flexibility index (Phi) is 4.17. The summed E-state index contributed by atoms with van der Waals surface area (Å²) in [5.74, 6) is 0. The first kappa shape index (κ1) is 11.4. The van der Waals surface area contributed by atoms with Gasteiger partial charge in [0, 0.05) is 12.6 Å². The maximum absolute atomic E-state index is 3.62. The maximum Gasteiger partial charge on any atom is 0.0208 e. The van der Waals surface area contributed by atoms with Gasteiger partial charge in [-0.15, -0.1) is 0 Å². The van der Waals surface area contributed by atoms with E-state index in [1.807, 2.05) is 0 Å². The molecule has 1 nitrogen and oxygen atoms in total. The summed E-state index contributed by atoms with van der Waals surface area (Å²) in [6, 6.07) is 9.63. The van der Waals surface area contributed by atoms with E-state index >= 15 is 0 Å². The van der Waals surface area contributed by atoms with Crippen molar-refractivity contribution in [3.05, 3.63) is 47.5 Å². The second kappa shape index (κ2) is 5.86. The second-order valence-corrected chi connectivity index (χ2v) is 4.53. The summed E-state index contributed by atoms with van der Waals surface area (Å²) in [6.45, 7) is 3.20. The predicted molar refractivity (Wildman–Crippen MR) is 69.4 cm³/mol. The van der Waals surface area contributed by atoms with Crippen LogP contribution in [0.1, 0.15) is 37.3 Å². The van der Waals surface area contributed by atoms with E-state index in [2.05, 4.69) is 48.7 Å². The SMILES string of the molecule is CCc1ccc(CNC2CC=CCC2)cc1. The molecule has 0 heterocycles. The van der Waals surface area contributed by atoms with Gasteiger partial charge in [0.1, 0.15) is 0 Å². The summed E-state index contributed by atoms with van der Waals surface area (Å²) < 4.78 is 0. The highest BCUT2D eigenvalue weighted by Crippen LogP contribution is 2.12. The third-order valence-electron chi connectivity index (χ3n) is 3.30. The van der Waals surface area contributed by atoms with Crippen LogP contribution in [0.25, 0.3) is 0 Å². The van der Waals surface area contributed by atoms with Crippen LogP contribution in [-0.4, -0.2) is 6.04 Å². The molecule has 1 heteroatoms. The largest absolute Gasteiger partial charge is 0.310 e. The zero-order valence-corrected chi connectivity index (χ0v) is 10.1. The Labute approximate surface area is 98.6 Å². The lowest BCUT2D eigenvalue weighted by Gasteiger charge is -2.19. The molecule has 0 bridgehead atoms. The molecule has 0 fully saturated rings. The van der Waals surface area contributed by atoms with E-state index < -0.39 is 0 Å². The first-order valence-electron chi connectivity index (χ1n) is 6.34. The molecule has 0 amide bonds. The minimum absolute atomic E-state index is 0.677. The summed E-state index contributed by atoms with van der Waals surface area (Å²) in [6.07, 6.45) is 9.40. The summed E-state index contributed by atoms with van der Waals surface area (Å²) in [7, 11) is 0. The predicted octanol–water partition coefficient (Wildman–Crippen LogP) is 3.45. The van der Waals surface area contributed by atoms with Crippen LogP contribution in [0.5, 0.6) is 0 Å². The van der Waals surface area contributed by atoms with Crippen molar-refractivity contribution in [2.45, 2.75) is 45.2 Å². The quantitative estimate of drug-likeness (QED) is 0.759. The van der Waals surface area contributed by atoms with E-state index in [4.69, 9.17) is 0 Å². The van der Waals surface area contributed by atoms with Crippen LogP contribution in [0, 0.1) is 0 Å². The first-order chi connectivity index (χ1) is 7.88. The molecular formula is C15H21N. The summed E-state index contributed by atoms with van der Waals surface area (Å²) in [4.78, 5) is 0. The number of nitrogens with one attached hydrogen (secondary N) is 1. The van der Waals surface area contributed by atoms with Crippen molar-refractivity contribution in [2.24, 2.45) is 0 Å². The maximum atomic E-state index is 3.62. The van der Waals surface area contributed by atoms with Gasteiger partial charge in [0.15, 0.2) is 0 Å². The molecule has 1 aromatic rings. The second-order valence-electron chi connectivity index (χ2n) is 4.53. The lowest BCUT2D eigenvalue weighted by Crippen LogP contribution is -2.29. The number of hydrogen-bond donors (Lipinski definition) is 1. The molecule has 1 aliphatic rings. The number of hydrogen-bond acceptors (Lipinski definition) is 1. The van der Waals surface area contributed by atoms with Crippen molar-refractivity contribution < 1.29 is 0 Å². The van der Waals surface area contributed by atoms with Gasteiger partial charge in [0.05, 0.1) is 0 Å². The van der Waals surface area contributed by atoms with Crippen molar-refractivity contribution >= 4 is 0 Å². The molecule has 0 saturated heterocycles. The third kappa shape index (κ3) is 3.21. The zero-order valence-electron chi connectivity index (χ0n) is 10.1. The lowest BCUT2D eigenvalue weighted by atomic mass is 10.0. The molecule has 86 valence electrons. The van der Waals surface area contributed by atoms with Gasteiger partial charge >= 0.3 is 0 Å². The molecule has 16 heavy (non-hydrogen) atoms. The summed E-state index contributed by atoms with van der Waals surface area (Å²) >= 11 is 0. The fraction of sp³-hybridized carbons (Fsp3) is 0.467. The van der Waals surface area contributed by atoms with Gasteiger partial charge in [-0.05, 0) is 36.8 Å². The van der Waals surface area contributed by atoms with E-state index in [0.717, 1.165) is 13.0 Å². The molecule has 0 saturated carbocycles. The van der Waals surface area contributed by atoms with Gasteiger partial charge < -0.3 is 5.32 Å². The van der Waals surface area contributed by atoms with Crippen LogP contribution in [-0.2, 0) is 13.0 Å². The number of benzene rings is 1. The summed E-state index contributed by atoms with van der Waals surface area (Å²) in [5, 5.41) is 3.62. The van der Waals surface area contributed by atoms with Crippen molar-refractivity contribution in [1.82, 2.24) is 5.32 Å². The molecule has 2 rings (SSSR count). The van der Waals surface area contributed by atoms with E-state index in [9.17, 15) is 0 Å². The van der Waals surface area contributed by atoms with Crippen LogP contribution in [0.4, 0.5) is 0 Å².